The van der Waals surface area contributed by atoms with Crippen molar-refractivity contribution in [2.75, 3.05) is 0 Å². The quantitative estimate of drug-likeness (QED) is 0.774. The second kappa shape index (κ2) is 7.23. The number of rotatable bonds is 5. The molecule has 1 atom stereocenters. The number of amides is 1. The van der Waals surface area contributed by atoms with Crippen molar-refractivity contribution in [1.29, 1.82) is 0 Å². The fraction of sp³-hybridized carbons (Fsp3) is 0.353. The van der Waals surface area contributed by atoms with E-state index < -0.39 is 0 Å². The summed E-state index contributed by atoms with van der Waals surface area (Å²) in [5.41, 5.74) is 3.18. The highest BCUT2D eigenvalue weighted by Crippen LogP contribution is 2.22. The molecule has 0 radical (unpaired) electrons. The van der Waals surface area contributed by atoms with Gasteiger partial charge in [0.05, 0.1) is 15.4 Å². The van der Waals surface area contributed by atoms with Crippen LogP contribution in [0.5, 0.6) is 0 Å². The van der Waals surface area contributed by atoms with Crippen molar-refractivity contribution in [3.05, 3.63) is 56.2 Å². The van der Waals surface area contributed by atoms with Gasteiger partial charge in [0.1, 0.15) is 0 Å². The van der Waals surface area contributed by atoms with E-state index >= 15 is 0 Å². The predicted molar refractivity (Wildman–Crippen MR) is 92.9 cm³/mol. The second-order valence-corrected chi connectivity index (χ2v) is 7.96. The van der Waals surface area contributed by atoms with E-state index in [1.165, 1.54) is 16.9 Å². The van der Waals surface area contributed by atoms with Gasteiger partial charge < -0.3 is 5.32 Å². The summed E-state index contributed by atoms with van der Waals surface area (Å²) in [5, 5.41) is 4.89. The highest BCUT2D eigenvalue weighted by Gasteiger charge is 2.12. The van der Waals surface area contributed by atoms with Crippen molar-refractivity contribution in [1.82, 2.24) is 5.32 Å². The Morgan fingerprint density at radius 1 is 1.24 bits per heavy atom. The zero-order valence-corrected chi connectivity index (χ0v) is 14.9. The number of thiophene rings is 1. The third-order valence-electron chi connectivity index (χ3n) is 3.30. The lowest BCUT2D eigenvalue weighted by Crippen LogP contribution is -2.26. The molecule has 1 unspecified atom stereocenters. The van der Waals surface area contributed by atoms with Crippen molar-refractivity contribution in [2.45, 2.75) is 33.2 Å². The first-order valence-corrected chi connectivity index (χ1v) is 8.76. The summed E-state index contributed by atoms with van der Waals surface area (Å²) in [6.07, 6.45) is 1.09. The first kappa shape index (κ1) is 16.2. The van der Waals surface area contributed by atoms with Gasteiger partial charge in [-0.2, -0.15) is 0 Å². The van der Waals surface area contributed by atoms with Crippen LogP contribution in [0.3, 0.4) is 0 Å². The van der Waals surface area contributed by atoms with Crippen LogP contribution in [-0.4, -0.2) is 5.91 Å². The van der Waals surface area contributed by atoms with Crippen LogP contribution in [0.4, 0.5) is 0 Å². The number of halogens is 1. The van der Waals surface area contributed by atoms with E-state index in [9.17, 15) is 4.79 Å². The summed E-state index contributed by atoms with van der Waals surface area (Å²) >= 11 is 4.90. The molecule has 1 amide bonds. The van der Waals surface area contributed by atoms with E-state index in [1.54, 1.807) is 0 Å². The lowest BCUT2D eigenvalue weighted by atomic mass is 10.00. The van der Waals surface area contributed by atoms with Crippen molar-refractivity contribution < 1.29 is 4.79 Å². The minimum atomic E-state index is -0.0318. The smallest absolute Gasteiger partial charge is 0.252 e. The number of carbonyl (C=O) groups is 1. The van der Waals surface area contributed by atoms with Gasteiger partial charge in [0.25, 0.3) is 5.91 Å². The van der Waals surface area contributed by atoms with Crippen molar-refractivity contribution in [2.24, 2.45) is 5.92 Å². The Bertz CT molecular complexity index is 604. The van der Waals surface area contributed by atoms with Crippen molar-refractivity contribution in [3.63, 3.8) is 0 Å². The average molecular weight is 366 g/mol. The summed E-state index contributed by atoms with van der Waals surface area (Å²) in [7, 11) is 0. The molecule has 4 heteroatoms. The van der Waals surface area contributed by atoms with Gasteiger partial charge in [0.2, 0.25) is 0 Å². The van der Waals surface area contributed by atoms with Crippen LogP contribution in [0.2, 0.25) is 0 Å². The van der Waals surface area contributed by atoms with Crippen molar-refractivity contribution >= 4 is 33.2 Å². The molecule has 2 aromatic rings. The molecule has 0 aliphatic rings. The molecule has 1 aromatic heterocycles. The second-order valence-electron chi connectivity index (χ2n) is 5.67. The molecular formula is C17H20BrNOS. The van der Waals surface area contributed by atoms with Gasteiger partial charge >= 0.3 is 0 Å². The average Bonchev–Trinajstić information content (AvgIpc) is 2.85. The van der Waals surface area contributed by atoms with Gasteiger partial charge in [0.15, 0.2) is 0 Å². The molecule has 2 rings (SSSR count). The summed E-state index contributed by atoms with van der Waals surface area (Å²) in [6.45, 7) is 6.45. The topological polar surface area (TPSA) is 29.1 Å². The molecule has 1 heterocycles. The summed E-state index contributed by atoms with van der Waals surface area (Å²) < 4.78 is 0.971. The maximum absolute atomic E-state index is 12.1. The maximum Gasteiger partial charge on any atom is 0.252 e. The molecule has 0 aliphatic carbocycles. The van der Waals surface area contributed by atoms with Gasteiger partial charge in [-0.15, -0.1) is 11.3 Å². The van der Waals surface area contributed by atoms with Crippen LogP contribution in [0.25, 0.3) is 0 Å². The van der Waals surface area contributed by atoms with E-state index in [1.807, 2.05) is 18.4 Å². The molecule has 0 fully saturated rings. The summed E-state index contributed by atoms with van der Waals surface area (Å²) in [6, 6.07) is 10.4. The molecule has 21 heavy (non-hydrogen) atoms. The monoisotopic (exact) mass is 365 g/mol. The summed E-state index contributed by atoms with van der Waals surface area (Å²) in [5.74, 6) is 0.626. The third kappa shape index (κ3) is 4.68. The van der Waals surface area contributed by atoms with Crippen LogP contribution in [-0.2, 0) is 6.42 Å². The summed E-state index contributed by atoms with van der Waals surface area (Å²) in [4.78, 5) is 12.1. The Morgan fingerprint density at radius 2 is 1.90 bits per heavy atom. The number of hydrogen-bond acceptors (Lipinski definition) is 2. The van der Waals surface area contributed by atoms with Crippen molar-refractivity contribution in [3.8, 4) is 0 Å². The van der Waals surface area contributed by atoms with E-state index in [4.69, 9.17) is 0 Å². The van der Waals surface area contributed by atoms with E-state index in [-0.39, 0.29) is 11.9 Å². The Hall–Kier alpha value is -1.13. The fourth-order valence-electron chi connectivity index (χ4n) is 2.21. The normalized spacial score (nSPS) is 12.4. The number of benzene rings is 1. The van der Waals surface area contributed by atoms with Crippen LogP contribution < -0.4 is 5.32 Å². The predicted octanol–water partition coefficient (Wildman–Crippen LogP) is 5.20. The van der Waals surface area contributed by atoms with Crippen LogP contribution in [0.1, 0.15) is 48.3 Å². The largest absolute Gasteiger partial charge is 0.345 e. The SMILES string of the molecule is CC(C)Cc1ccc(C(C)NC(=O)c2csc(Br)c2)cc1. The molecule has 2 nitrogen and oxygen atoms in total. The molecule has 0 bridgehead atoms. The Morgan fingerprint density at radius 3 is 2.43 bits per heavy atom. The third-order valence-corrected chi connectivity index (χ3v) is 4.81. The Labute approximate surface area is 138 Å². The van der Waals surface area contributed by atoms with E-state index in [0.717, 1.165) is 15.8 Å². The molecule has 0 aliphatic heterocycles. The first-order valence-electron chi connectivity index (χ1n) is 7.09. The molecule has 0 spiro atoms. The maximum atomic E-state index is 12.1. The first-order chi connectivity index (χ1) is 9.95. The lowest BCUT2D eigenvalue weighted by Gasteiger charge is -2.15. The lowest BCUT2D eigenvalue weighted by molar-refractivity contribution is 0.0940. The molecule has 0 saturated heterocycles. The number of carbonyl (C=O) groups excluding carboxylic acids is 1. The van der Waals surface area contributed by atoms with Crippen LogP contribution >= 0.6 is 27.3 Å². The van der Waals surface area contributed by atoms with E-state index in [2.05, 4.69) is 59.4 Å². The Kier molecular flexibility index (Phi) is 5.59. The zero-order chi connectivity index (χ0) is 15.4. The fourth-order valence-corrected chi connectivity index (χ4v) is 3.34. The van der Waals surface area contributed by atoms with Crippen LogP contribution in [0, 0.1) is 5.92 Å². The molecule has 112 valence electrons. The minimum Gasteiger partial charge on any atom is -0.345 e. The Balaban J connectivity index is 1.99. The van der Waals surface area contributed by atoms with Gasteiger partial charge in [-0.05, 0) is 52.4 Å². The van der Waals surface area contributed by atoms with Crippen LogP contribution in [0.15, 0.2) is 39.5 Å². The van der Waals surface area contributed by atoms with Gasteiger partial charge in [0, 0.05) is 5.38 Å². The molecule has 1 N–H and O–H groups in total. The number of hydrogen-bond donors (Lipinski definition) is 1. The molecular weight excluding hydrogens is 346 g/mol. The van der Waals surface area contributed by atoms with Gasteiger partial charge in [-0.25, -0.2) is 0 Å². The van der Waals surface area contributed by atoms with Gasteiger partial charge in [-0.1, -0.05) is 38.1 Å². The highest BCUT2D eigenvalue weighted by molar-refractivity contribution is 9.11. The highest BCUT2D eigenvalue weighted by atomic mass is 79.9. The number of nitrogens with one attached hydrogen (secondary N) is 1. The standard InChI is InChI=1S/C17H20BrNOS/c1-11(2)8-13-4-6-14(7-5-13)12(3)19-17(20)15-9-16(18)21-10-15/h4-7,9-12H,8H2,1-3H3,(H,19,20). The van der Waals surface area contributed by atoms with E-state index in [0.29, 0.717) is 11.5 Å². The zero-order valence-electron chi connectivity index (χ0n) is 12.5. The minimum absolute atomic E-state index is 0.00396. The molecule has 1 aromatic carbocycles. The molecule has 0 saturated carbocycles. The van der Waals surface area contributed by atoms with Gasteiger partial charge in [-0.3, -0.25) is 4.79 Å².